The van der Waals surface area contributed by atoms with Crippen molar-refractivity contribution in [3.63, 3.8) is 0 Å². The van der Waals surface area contributed by atoms with Crippen molar-refractivity contribution in [3.05, 3.63) is 42.6 Å². The molecule has 4 rings (SSSR count). The Morgan fingerprint density at radius 3 is 2.92 bits per heavy atom. The fraction of sp³-hybridized carbons (Fsp3) is 0.333. The number of aromatic amines is 1. The van der Waals surface area contributed by atoms with Crippen LogP contribution in [0.5, 0.6) is 0 Å². The van der Waals surface area contributed by atoms with Crippen LogP contribution in [0.3, 0.4) is 0 Å². The highest BCUT2D eigenvalue weighted by Gasteiger charge is 2.24. The number of amides is 2. The number of hydrogen-bond acceptors (Lipinski definition) is 2. The minimum atomic E-state index is -0.250. The third-order valence-electron chi connectivity index (χ3n) is 4.90. The molecular formula is C18H20FN5O. The molecule has 1 aliphatic rings. The average Bonchev–Trinajstić information content (AvgIpc) is 3.27. The number of hydrogen-bond donors (Lipinski definition) is 2. The molecule has 1 aromatic carbocycles. The van der Waals surface area contributed by atoms with Crippen LogP contribution in [0.2, 0.25) is 0 Å². The van der Waals surface area contributed by atoms with Crippen molar-refractivity contribution in [2.75, 3.05) is 20.1 Å². The number of nitrogens with one attached hydrogen (secondary N) is 2. The summed E-state index contributed by atoms with van der Waals surface area (Å²) < 4.78 is 15.3. The number of carbonyl (C=O) groups excluding carboxylic acids is 1. The molecule has 2 aromatic heterocycles. The molecule has 0 saturated carbocycles. The number of rotatable bonds is 2. The number of likely N-dealkylation sites (tertiary alicyclic amines) is 1. The molecule has 7 heteroatoms. The third kappa shape index (κ3) is 2.86. The molecule has 6 nitrogen and oxygen atoms in total. The van der Waals surface area contributed by atoms with Gasteiger partial charge in [-0.15, -0.1) is 0 Å². The van der Waals surface area contributed by atoms with Crippen molar-refractivity contribution in [2.24, 2.45) is 0 Å². The van der Waals surface area contributed by atoms with E-state index in [1.807, 2.05) is 28.2 Å². The summed E-state index contributed by atoms with van der Waals surface area (Å²) in [5, 5.41) is 8.17. The zero-order valence-electron chi connectivity index (χ0n) is 14.0. The summed E-state index contributed by atoms with van der Waals surface area (Å²) in [6.07, 6.45) is 7.53. The second-order valence-electron chi connectivity index (χ2n) is 6.37. The first kappa shape index (κ1) is 15.7. The molecule has 0 spiro atoms. The quantitative estimate of drug-likeness (QED) is 0.752. The first-order chi connectivity index (χ1) is 12.2. The fourth-order valence-electron chi connectivity index (χ4n) is 3.51. The number of carbonyl (C=O) groups is 1. The number of benzene rings is 1. The van der Waals surface area contributed by atoms with Gasteiger partial charge < -0.3 is 15.2 Å². The van der Waals surface area contributed by atoms with Gasteiger partial charge in [-0.1, -0.05) is 0 Å². The Kier molecular flexibility index (Phi) is 3.91. The Morgan fingerprint density at radius 2 is 2.16 bits per heavy atom. The van der Waals surface area contributed by atoms with Crippen molar-refractivity contribution in [2.45, 2.75) is 18.9 Å². The molecule has 3 aromatic rings. The first-order valence-electron chi connectivity index (χ1n) is 8.43. The molecule has 2 N–H and O–H groups in total. The largest absolute Gasteiger partial charge is 0.360 e. The average molecular weight is 341 g/mol. The van der Waals surface area contributed by atoms with Crippen molar-refractivity contribution >= 4 is 16.9 Å². The van der Waals surface area contributed by atoms with Gasteiger partial charge >= 0.3 is 6.03 Å². The van der Waals surface area contributed by atoms with Gasteiger partial charge in [0.2, 0.25) is 0 Å². The van der Waals surface area contributed by atoms with Gasteiger partial charge in [-0.2, -0.15) is 5.10 Å². The summed E-state index contributed by atoms with van der Waals surface area (Å²) >= 11 is 0. The highest BCUT2D eigenvalue weighted by molar-refractivity contribution is 5.95. The smallest absolute Gasteiger partial charge is 0.317 e. The Morgan fingerprint density at radius 1 is 1.36 bits per heavy atom. The van der Waals surface area contributed by atoms with Crippen LogP contribution in [0.4, 0.5) is 9.18 Å². The van der Waals surface area contributed by atoms with Gasteiger partial charge in [0, 0.05) is 54.6 Å². The number of urea groups is 1. The van der Waals surface area contributed by atoms with E-state index in [4.69, 9.17) is 0 Å². The summed E-state index contributed by atoms with van der Waals surface area (Å²) in [4.78, 5) is 16.6. The van der Waals surface area contributed by atoms with Gasteiger partial charge in [0.15, 0.2) is 0 Å². The van der Waals surface area contributed by atoms with Gasteiger partial charge in [0.1, 0.15) is 5.82 Å². The number of aromatic nitrogens is 3. The van der Waals surface area contributed by atoms with Crippen LogP contribution in [0, 0.1) is 5.82 Å². The van der Waals surface area contributed by atoms with E-state index in [0.717, 1.165) is 48.0 Å². The molecule has 1 aliphatic heterocycles. The van der Waals surface area contributed by atoms with Crippen molar-refractivity contribution in [1.82, 2.24) is 25.0 Å². The molecule has 25 heavy (non-hydrogen) atoms. The van der Waals surface area contributed by atoms with E-state index in [1.165, 1.54) is 12.1 Å². The van der Waals surface area contributed by atoms with Gasteiger partial charge in [-0.05, 0) is 31.0 Å². The minimum Gasteiger partial charge on any atom is -0.360 e. The molecular weight excluding hydrogens is 321 g/mol. The first-order valence-corrected chi connectivity index (χ1v) is 8.43. The highest BCUT2D eigenvalue weighted by atomic mass is 19.1. The number of halogens is 1. The second-order valence-corrected chi connectivity index (χ2v) is 6.37. The van der Waals surface area contributed by atoms with Crippen LogP contribution in [0.15, 0.2) is 36.8 Å². The van der Waals surface area contributed by atoms with E-state index >= 15 is 0 Å². The van der Waals surface area contributed by atoms with E-state index in [9.17, 15) is 9.18 Å². The van der Waals surface area contributed by atoms with Gasteiger partial charge in [-0.3, -0.25) is 4.68 Å². The zero-order chi connectivity index (χ0) is 17.4. The van der Waals surface area contributed by atoms with E-state index in [0.29, 0.717) is 0 Å². The van der Waals surface area contributed by atoms with Crippen molar-refractivity contribution < 1.29 is 9.18 Å². The number of nitrogens with zero attached hydrogens (tertiary/aromatic N) is 3. The molecule has 0 aliphatic carbocycles. The van der Waals surface area contributed by atoms with Crippen LogP contribution in [-0.2, 0) is 0 Å². The van der Waals surface area contributed by atoms with E-state index < -0.39 is 0 Å². The van der Waals surface area contributed by atoms with Gasteiger partial charge in [0.25, 0.3) is 0 Å². The van der Waals surface area contributed by atoms with Crippen LogP contribution in [-0.4, -0.2) is 45.8 Å². The standard InChI is InChI=1S/C18H20FN5O/c1-20-18(25)23-6-4-14(5-7-23)24-11-12(9-22-24)16-10-21-17-8-13(19)2-3-15(16)17/h2-3,8-11,14,21H,4-7H2,1H3,(H,20,25). The predicted molar refractivity (Wildman–Crippen MR) is 93.8 cm³/mol. The SMILES string of the molecule is CNC(=O)N1CCC(n2cc(-c3c[nH]c4cc(F)ccc34)cn2)CC1. The summed E-state index contributed by atoms with van der Waals surface area (Å²) in [6.45, 7) is 1.46. The fourth-order valence-corrected chi connectivity index (χ4v) is 3.51. The van der Waals surface area contributed by atoms with Crippen LogP contribution >= 0.6 is 0 Å². The normalized spacial score (nSPS) is 15.7. The molecule has 0 unspecified atom stereocenters. The molecule has 0 atom stereocenters. The highest BCUT2D eigenvalue weighted by Crippen LogP contribution is 2.30. The Balaban J connectivity index is 1.53. The maximum Gasteiger partial charge on any atom is 0.317 e. The van der Waals surface area contributed by atoms with Crippen LogP contribution in [0.25, 0.3) is 22.0 Å². The van der Waals surface area contributed by atoms with Crippen molar-refractivity contribution in [3.8, 4) is 11.1 Å². The van der Waals surface area contributed by atoms with Crippen LogP contribution in [0.1, 0.15) is 18.9 Å². The van der Waals surface area contributed by atoms with E-state index in [1.54, 1.807) is 13.1 Å². The lowest BCUT2D eigenvalue weighted by molar-refractivity contribution is 0.170. The maximum atomic E-state index is 13.3. The summed E-state index contributed by atoms with van der Waals surface area (Å²) in [5.74, 6) is -0.250. The lowest BCUT2D eigenvalue weighted by Crippen LogP contribution is -2.43. The molecule has 3 heterocycles. The predicted octanol–water partition coefficient (Wildman–Crippen LogP) is 3.15. The van der Waals surface area contributed by atoms with E-state index in [2.05, 4.69) is 15.4 Å². The Labute approximate surface area is 144 Å². The maximum absolute atomic E-state index is 13.3. The molecule has 1 fully saturated rings. The molecule has 0 radical (unpaired) electrons. The summed E-state index contributed by atoms with van der Waals surface area (Å²) in [6, 6.07) is 5.02. The number of H-pyrrole nitrogens is 1. The number of fused-ring (bicyclic) bond motifs is 1. The van der Waals surface area contributed by atoms with Crippen molar-refractivity contribution in [1.29, 1.82) is 0 Å². The second kappa shape index (κ2) is 6.23. The lowest BCUT2D eigenvalue weighted by Gasteiger charge is -2.31. The number of piperidine rings is 1. The molecule has 1 saturated heterocycles. The van der Waals surface area contributed by atoms with Gasteiger partial charge in [0.05, 0.1) is 12.2 Å². The lowest BCUT2D eigenvalue weighted by atomic mass is 10.1. The van der Waals surface area contributed by atoms with E-state index in [-0.39, 0.29) is 17.9 Å². The minimum absolute atomic E-state index is 0.0226. The molecule has 130 valence electrons. The Hall–Kier alpha value is -2.83. The molecule has 2 amide bonds. The monoisotopic (exact) mass is 341 g/mol. The third-order valence-corrected chi connectivity index (χ3v) is 4.90. The van der Waals surface area contributed by atoms with Crippen LogP contribution < -0.4 is 5.32 Å². The topological polar surface area (TPSA) is 66.0 Å². The van der Waals surface area contributed by atoms with Gasteiger partial charge in [-0.25, -0.2) is 9.18 Å². The summed E-state index contributed by atoms with van der Waals surface area (Å²) in [5.41, 5.74) is 2.80. The Bertz CT molecular complexity index is 907. The molecule has 0 bridgehead atoms. The zero-order valence-corrected chi connectivity index (χ0v) is 14.0. The summed E-state index contributed by atoms with van der Waals surface area (Å²) in [7, 11) is 1.65.